The molecule has 0 aliphatic heterocycles. The highest BCUT2D eigenvalue weighted by Gasteiger charge is 2.09. The highest BCUT2D eigenvalue weighted by molar-refractivity contribution is 7.98. The predicted molar refractivity (Wildman–Crippen MR) is 128 cm³/mol. The number of nitrogens with one attached hydrogen (secondary N) is 3. The van der Waals surface area contributed by atoms with Crippen LogP contribution in [0.1, 0.15) is 17.7 Å². The molecule has 0 spiro atoms. The zero-order valence-electron chi connectivity index (χ0n) is 17.8. The summed E-state index contributed by atoms with van der Waals surface area (Å²) in [4.78, 5) is 24.3. The standard InChI is InChI=1S/C24H25N5O2S/c1-17-21(16-32-24-28-19-10-5-6-11-20(19)29-24)25-14-12-22(17)31-15-7-13-26-23(30)27-18-8-3-2-4-9-18/h2-6,8-12,14H,7,13,15-16H2,1H3,(H,28,29)(H2,26,27,30). The third kappa shape index (κ3) is 5.79. The molecule has 8 heteroatoms. The molecule has 0 saturated carbocycles. The number of aromatic amines is 1. The Hall–Kier alpha value is -3.52. The summed E-state index contributed by atoms with van der Waals surface area (Å²) >= 11 is 1.62. The van der Waals surface area contributed by atoms with Crippen molar-refractivity contribution in [1.82, 2.24) is 20.3 Å². The molecule has 2 aromatic carbocycles. The number of rotatable bonds is 9. The Morgan fingerprint density at radius 2 is 1.91 bits per heavy atom. The van der Waals surface area contributed by atoms with Gasteiger partial charge in [-0.3, -0.25) is 4.98 Å². The van der Waals surface area contributed by atoms with E-state index in [9.17, 15) is 4.79 Å². The number of anilines is 1. The first-order valence-corrected chi connectivity index (χ1v) is 11.4. The SMILES string of the molecule is Cc1c(OCCCNC(=O)Nc2ccccc2)ccnc1CSc1nc2ccccc2[nH]1. The van der Waals surface area contributed by atoms with Crippen molar-refractivity contribution in [2.45, 2.75) is 24.3 Å². The average Bonchev–Trinajstić information content (AvgIpc) is 3.23. The first-order valence-electron chi connectivity index (χ1n) is 10.4. The summed E-state index contributed by atoms with van der Waals surface area (Å²) in [6.45, 7) is 3.05. The van der Waals surface area contributed by atoms with Gasteiger partial charge in [0, 0.05) is 29.7 Å². The molecule has 0 saturated heterocycles. The first-order chi connectivity index (χ1) is 15.7. The minimum Gasteiger partial charge on any atom is -0.493 e. The summed E-state index contributed by atoms with van der Waals surface area (Å²) < 4.78 is 5.93. The van der Waals surface area contributed by atoms with Crippen molar-refractivity contribution >= 4 is 34.5 Å². The second-order valence-electron chi connectivity index (χ2n) is 7.18. The molecule has 0 atom stereocenters. The Labute approximate surface area is 191 Å². The van der Waals surface area contributed by atoms with Gasteiger partial charge in [0.15, 0.2) is 5.16 Å². The quantitative estimate of drug-likeness (QED) is 0.244. The topological polar surface area (TPSA) is 91.9 Å². The number of urea groups is 1. The van der Waals surface area contributed by atoms with E-state index >= 15 is 0 Å². The number of ether oxygens (including phenoxy) is 1. The average molecular weight is 448 g/mol. The fourth-order valence-electron chi connectivity index (χ4n) is 3.15. The number of nitrogens with zero attached hydrogens (tertiary/aromatic N) is 2. The van der Waals surface area contributed by atoms with Gasteiger partial charge in [0.1, 0.15) is 5.75 Å². The van der Waals surface area contributed by atoms with Crippen LogP contribution < -0.4 is 15.4 Å². The number of fused-ring (bicyclic) bond motifs is 1. The Kier molecular flexibility index (Phi) is 7.24. The highest BCUT2D eigenvalue weighted by atomic mass is 32.2. The number of carbonyl (C=O) groups is 1. The largest absolute Gasteiger partial charge is 0.493 e. The first kappa shape index (κ1) is 21.7. The van der Waals surface area contributed by atoms with Crippen LogP contribution in [0.25, 0.3) is 11.0 Å². The van der Waals surface area contributed by atoms with Gasteiger partial charge in [-0.15, -0.1) is 0 Å². The smallest absolute Gasteiger partial charge is 0.319 e. The molecule has 0 bridgehead atoms. The Bertz CT molecular complexity index is 1150. The van der Waals surface area contributed by atoms with Crippen LogP contribution in [0.2, 0.25) is 0 Å². The summed E-state index contributed by atoms with van der Waals surface area (Å²) in [5.41, 5.74) is 4.74. The maximum Gasteiger partial charge on any atom is 0.319 e. The Balaban J connectivity index is 1.22. The molecular formula is C24H25N5O2S. The molecule has 7 nitrogen and oxygen atoms in total. The summed E-state index contributed by atoms with van der Waals surface area (Å²) in [7, 11) is 0. The Morgan fingerprint density at radius 1 is 1.09 bits per heavy atom. The molecule has 32 heavy (non-hydrogen) atoms. The summed E-state index contributed by atoms with van der Waals surface area (Å²) in [5, 5.41) is 6.50. The molecule has 3 N–H and O–H groups in total. The lowest BCUT2D eigenvalue weighted by Gasteiger charge is -2.12. The molecule has 0 unspecified atom stereocenters. The third-order valence-electron chi connectivity index (χ3n) is 4.87. The van der Waals surface area contributed by atoms with Crippen molar-refractivity contribution in [2.24, 2.45) is 0 Å². The normalized spacial score (nSPS) is 10.8. The van der Waals surface area contributed by atoms with E-state index in [0.29, 0.717) is 25.3 Å². The summed E-state index contributed by atoms with van der Waals surface area (Å²) in [5.74, 6) is 1.51. The number of thioether (sulfide) groups is 1. The van der Waals surface area contributed by atoms with E-state index in [4.69, 9.17) is 4.74 Å². The van der Waals surface area contributed by atoms with Crippen LogP contribution in [-0.2, 0) is 5.75 Å². The lowest BCUT2D eigenvalue weighted by molar-refractivity contribution is 0.250. The van der Waals surface area contributed by atoms with Gasteiger partial charge < -0.3 is 20.4 Å². The number of amides is 2. The van der Waals surface area contributed by atoms with Crippen LogP contribution in [0.4, 0.5) is 10.5 Å². The molecule has 0 aliphatic carbocycles. The lowest BCUT2D eigenvalue weighted by Crippen LogP contribution is -2.30. The van der Waals surface area contributed by atoms with Gasteiger partial charge >= 0.3 is 6.03 Å². The van der Waals surface area contributed by atoms with Crippen molar-refractivity contribution in [3.63, 3.8) is 0 Å². The van der Waals surface area contributed by atoms with Crippen molar-refractivity contribution in [2.75, 3.05) is 18.5 Å². The number of carbonyl (C=O) groups excluding carboxylic acids is 1. The molecule has 164 valence electrons. The lowest BCUT2D eigenvalue weighted by atomic mass is 10.2. The molecule has 2 aromatic heterocycles. The fourth-order valence-corrected chi connectivity index (χ4v) is 4.06. The molecule has 0 aliphatic rings. The van der Waals surface area contributed by atoms with Gasteiger partial charge in [0.25, 0.3) is 0 Å². The van der Waals surface area contributed by atoms with E-state index in [0.717, 1.165) is 38.9 Å². The predicted octanol–water partition coefficient (Wildman–Crippen LogP) is 5.15. The number of H-pyrrole nitrogens is 1. The molecule has 4 rings (SSSR count). The van der Waals surface area contributed by atoms with Gasteiger partial charge in [-0.2, -0.15) is 0 Å². The number of pyridine rings is 1. The second kappa shape index (κ2) is 10.7. The van der Waals surface area contributed by atoms with Gasteiger partial charge in [-0.1, -0.05) is 42.1 Å². The molecule has 2 heterocycles. The molecule has 0 fully saturated rings. The van der Waals surface area contributed by atoms with Crippen molar-refractivity contribution < 1.29 is 9.53 Å². The van der Waals surface area contributed by atoms with Crippen LogP contribution in [0, 0.1) is 6.92 Å². The van der Waals surface area contributed by atoms with E-state index in [-0.39, 0.29) is 6.03 Å². The Morgan fingerprint density at radius 3 is 2.75 bits per heavy atom. The number of aromatic nitrogens is 3. The van der Waals surface area contributed by atoms with Crippen LogP contribution in [-0.4, -0.2) is 34.1 Å². The van der Waals surface area contributed by atoms with Gasteiger partial charge in [0.05, 0.1) is 23.3 Å². The molecule has 2 amide bonds. The number of hydrogen-bond acceptors (Lipinski definition) is 5. The van der Waals surface area contributed by atoms with E-state index in [2.05, 4.69) is 25.6 Å². The van der Waals surface area contributed by atoms with Crippen LogP contribution in [0.15, 0.2) is 72.0 Å². The number of para-hydroxylation sites is 3. The molecular weight excluding hydrogens is 422 g/mol. The van der Waals surface area contributed by atoms with Crippen LogP contribution in [0.5, 0.6) is 5.75 Å². The van der Waals surface area contributed by atoms with Crippen molar-refractivity contribution in [1.29, 1.82) is 0 Å². The zero-order valence-corrected chi connectivity index (χ0v) is 18.6. The molecule has 0 radical (unpaired) electrons. The zero-order chi connectivity index (χ0) is 22.2. The monoisotopic (exact) mass is 447 g/mol. The number of benzene rings is 2. The van der Waals surface area contributed by atoms with Crippen molar-refractivity contribution in [3.05, 3.63) is 78.1 Å². The minimum absolute atomic E-state index is 0.221. The van der Waals surface area contributed by atoms with Crippen molar-refractivity contribution in [3.8, 4) is 5.75 Å². The summed E-state index contributed by atoms with van der Waals surface area (Å²) in [6.07, 6.45) is 2.47. The second-order valence-corrected chi connectivity index (χ2v) is 8.14. The van der Waals surface area contributed by atoms with Gasteiger partial charge in [0.2, 0.25) is 0 Å². The molecule has 4 aromatic rings. The third-order valence-corrected chi connectivity index (χ3v) is 5.75. The van der Waals surface area contributed by atoms with Gasteiger partial charge in [-0.25, -0.2) is 9.78 Å². The minimum atomic E-state index is -0.221. The van der Waals surface area contributed by atoms with E-state index in [1.165, 1.54) is 0 Å². The maximum atomic E-state index is 11.9. The van der Waals surface area contributed by atoms with Gasteiger partial charge in [-0.05, 0) is 43.7 Å². The number of imidazole rings is 1. The number of hydrogen-bond donors (Lipinski definition) is 3. The van der Waals surface area contributed by atoms with Crippen LogP contribution >= 0.6 is 11.8 Å². The van der Waals surface area contributed by atoms with E-state index in [1.807, 2.05) is 67.6 Å². The summed E-state index contributed by atoms with van der Waals surface area (Å²) in [6, 6.07) is 19.0. The van der Waals surface area contributed by atoms with Crippen LogP contribution in [0.3, 0.4) is 0 Å². The fraction of sp³-hybridized carbons (Fsp3) is 0.208. The highest BCUT2D eigenvalue weighted by Crippen LogP contribution is 2.27. The maximum absolute atomic E-state index is 11.9. The van der Waals surface area contributed by atoms with E-state index < -0.39 is 0 Å². The van der Waals surface area contributed by atoms with E-state index in [1.54, 1.807) is 18.0 Å².